The first-order valence-corrected chi connectivity index (χ1v) is 10.3. The van der Waals surface area contributed by atoms with Gasteiger partial charge in [0.15, 0.2) is 5.11 Å². The summed E-state index contributed by atoms with van der Waals surface area (Å²) in [6.07, 6.45) is 8.64. The van der Waals surface area contributed by atoms with E-state index in [1.165, 1.54) is 42.1 Å². The quantitative estimate of drug-likeness (QED) is 0.514. The molecular weight excluding hydrogens is 431 g/mol. The predicted molar refractivity (Wildman–Crippen MR) is 109 cm³/mol. The van der Waals surface area contributed by atoms with Gasteiger partial charge in [0.25, 0.3) is 0 Å². The van der Waals surface area contributed by atoms with E-state index in [0.717, 1.165) is 23.4 Å². The van der Waals surface area contributed by atoms with Crippen molar-refractivity contribution in [2.75, 3.05) is 5.32 Å². The molecule has 2 N–H and O–H groups in total. The third kappa shape index (κ3) is 3.62. The van der Waals surface area contributed by atoms with Crippen LogP contribution >= 0.6 is 34.8 Å². The average Bonchev–Trinajstić information content (AvgIpc) is 2.47. The van der Waals surface area contributed by atoms with Gasteiger partial charge in [-0.25, -0.2) is 0 Å². The molecule has 4 aliphatic rings. The van der Waals surface area contributed by atoms with E-state index in [0.29, 0.717) is 11.5 Å². The third-order valence-electron chi connectivity index (χ3n) is 6.06. The van der Waals surface area contributed by atoms with E-state index in [1.807, 2.05) is 24.3 Å². The zero-order chi connectivity index (χ0) is 16.7. The van der Waals surface area contributed by atoms with Crippen LogP contribution in [0.25, 0.3) is 0 Å². The van der Waals surface area contributed by atoms with Crippen molar-refractivity contribution in [3.05, 3.63) is 27.8 Å². The second-order valence-electron chi connectivity index (χ2n) is 8.10. The largest absolute Gasteiger partial charge is 0.332 e. The van der Waals surface area contributed by atoms with Gasteiger partial charge in [0, 0.05) is 15.7 Å². The standard InChI is InChI=1S/C19H23IN2OS/c20-15-1-3-16(4-2-15)21-18(24)22-17(23)11-19-8-12-5-13(9-19)7-14(6-12)10-19/h1-4,12-14H,5-11H2,(H2,21,22,23,24). The van der Waals surface area contributed by atoms with E-state index in [-0.39, 0.29) is 11.3 Å². The maximum Gasteiger partial charge on any atom is 0.226 e. The summed E-state index contributed by atoms with van der Waals surface area (Å²) in [6.45, 7) is 0. The van der Waals surface area contributed by atoms with Crippen LogP contribution in [0.2, 0.25) is 0 Å². The second-order valence-corrected chi connectivity index (χ2v) is 9.76. The Morgan fingerprint density at radius 3 is 2.17 bits per heavy atom. The molecule has 0 heterocycles. The van der Waals surface area contributed by atoms with Crippen molar-refractivity contribution in [1.29, 1.82) is 0 Å². The normalized spacial score (nSPS) is 33.3. The van der Waals surface area contributed by atoms with Gasteiger partial charge in [0.2, 0.25) is 5.91 Å². The maximum atomic E-state index is 12.5. The minimum atomic E-state index is 0.0833. The second kappa shape index (κ2) is 6.56. The summed E-state index contributed by atoms with van der Waals surface area (Å²) in [7, 11) is 0. The van der Waals surface area contributed by atoms with Crippen LogP contribution < -0.4 is 10.6 Å². The molecule has 4 saturated carbocycles. The lowest BCUT2D eigenvalue weighted by Crippen LogP contribution is -2.48. The minimum absolute atomic E-state index is 0.0833. The van der Waals surface area contributed by atoms with Crippen molar-refractivity contribution in [2.45, 2.75) is 44.9 Å². The highest BCUT2D eigenvalue weighted by molar-refractivity contribution is 14.1. The van der Waals surface area contributed by atoms with Gasteiger partial charge in [0.1, 0.15) is 0 Å². The lowest BCUT2D eigenvalue weighted by atomic mass is 9.49. The third-order valence-corrected chi connectivity index (χ3v) is 6.98. The Balaban J connectivity index is 1.33. The van der Waals surface area contributed by atoms with Crippen LogP contribution in [0.5, 0.6) is 0 Å². The van der Waals surface area contributed by atoms with Crippen LogP contribution in [0.3, 0.4) is 0 Å². The average molecular weight is 454 g/mol. The van der Waals surface area contributed by atoms with Gasteiger partial charge in [-0.3, -0.25) is 4.79 Å². The minimum Gasteiger partial charge on any atom is -0.332 e. The molecule has 0 radical (unpaired) electrons. The molecule has 0 aromatic heterocycles. The topological polar surface area (TPSA) is 41.1 Å². The van der Waals surface area contributed by atoms with Crippen LogP contribution in [0.4, 0.5) is 5.69 Å². The first-order valence-electron chi connectivity index (χ1n) is 8.86. The number of carbonyl (C=O) groups is 1. The van der Waals surface area contributed by atoms with Crippen molar-refractivity contribution >= 4 is 51.5 Å². The number of anilines is 1. The van der Waals surface area contributed by atoms with E-state index in [1.54, 1.807) is 0 Å². The summed E-state index contributed by atoms with van der Waals surface area (Å²) in [4.78, 5) is 12.5. The van der Waals surface area contributed by atoms with Gasteiger partial charge < -0.3 is 10.6 Å². The lowest BCUT2D eigenvalue weighted by Gasteiger charge is -2.56. The summed E-state index contributed by atoms with van der Waals surface area (Å²) in [5.41, 5.74) is 1.17. The molecule has 0 spiro atoms. The molecule has 1 aromatic rings. The molecule has 0 unspecified atom stereocenters. The fourth-order valence-corrected chi connectivity index (χ4v) is 6.30. The fourth-order valence-electron chi connectivity index (χ4n) is 5.71. The number of halogens is 1. The molecule has 0 saturated heterocycles. The van der Waals surface area contributed by atoms with Crippen molar-refractivity contribution < 1.29 is 4.79 Å². The monoisotopic (exact) mass is 454 g/mol. The smallest absolute Gasteiger partial charge is 0.226 e. The Morgan fingerprint density at radius 2 is 1.62 bits per heavy atom. The number of carbonyl (C=O) groups excluding carboxylic acids is 1. The number of rotatable bonds is 3. The number of hydrogen-bond donors (Lipinski definition) is 2. The maximum absolute atomic E-state index is 12.5. The van der Waals surface area contributed by atoms with Gasteiger partial charge >= 0.3 is 0 Å². The zero-order valence-corrected chi connectivity index (χ0v) is 16.7. The van der Waals surface area contributed by atoms with Gasteiger partial charge in [-0.05, 0) is 121 Å². The highest BCUT2D eigenvalue weighted by Crippen LogP contribution is 2.61. The number of thiocarbonyl (C=S) groups is 1. The van der Waals surface area contributed by atoms with Crippen LogP contribution in [-0.2, 0) is 4.79 Å². The van der Waals surface area contributed by atoms with Crippen molar-refractivity contribution in [1.82, 2.24) is 5.32 Å². The Kier molecular flexibility index (Phi) is 4.58. The molecular formula is C19H23IN2OS. The summed E-state index contributed by atoms with van der Waals surface area (Å²) in [5, 5.41) is 6.41. The van der Waals surface area contributed by atoms with E-state index >= 15 is 0 Å². The van der Waals surface area contributed by atoms with E-state index in [9.17, 15) is 4.79 Å². The van der Waals surface area contributed by atoms with Gasteiger partial charge in [-0.15, -0.1) is 0 Å². The van der Waals surface area contributed by atoms with Crippen LogP contribution in [-0.4, -0.2) is 11.0 Å². The number of amides is 1. The van der Waals surface area contributed by atoms with E-state index < -0.39 is 0 Å². The molecule has 0 aliphatic heterocycles. The van der Waals surface area contributed by atoms with E-state index in [4.69, 9.17) is 12.2 Å². The molecule has 4 fully saturated rings. The molecule has 1 aromatic carbocycles. The highest BCUT2D eigenvalue weighted by Gasteiger charge is 2.51. The Labute approximate surface area is 162 Å². The summed E-state index contributed by atoms with van der Waals surface area (Å²) in [6, 6.07) is 7.98. The number of nitrogens with one attached hydrogen (secondary N) is 2. The van der Waals surface area contributed by atoms with Gasteiger partial charge in [0.05, 0.1) is 0 Å². The Hall–Kier alpha value is -0.690. The van der Waals surface area contributed by atoms with Crippen LogP contribution in [0, 0.1) is 26.7 Å². The van der Waals surface area contributed by atoms with Gasteiger partial charge in [-0.2, -0.15) is 0 Å². The molecule has 4 bridgehead atoms. The fraction of sp³-hybridized carbons (Fsp3) is 0.579. The molecule has 5 rings (SSSR count). The van der Waals surface area contributed by atoms with Crippen molar-refractivity contribution in [2.24, 2.45) is 23.2 Å². The predicted octanol–water partition coefficient (Wildman–Crippen LogP) is 4.71. The first kappa shape index (κ1) is 16.8. The molecule has 3 nitrogen and oxygen atoms in total. The zero-order valence-electron chi connectivity index (χ0n) is 13.7. The Morgan fingerprint density at radius 1 is 1.08 bits per heavy atom. The molecule has 128 valence electrons. The molecule has 5 heteroatoms. The van der Waals surface area contributed by atoms with E-state index in [2.05, 4.69) is 33.2 Å². The van der Waals surface area contributed by atoms with Crippen molar-refractivity contribution in [3.8, 4) is 0 Å². The SMILES string of the molecule is O=C(CC12CC3CC(CC(C3)C1)C2)NC(=S)Nc1ccc(I)cc1. The summed E-state index contributed by atoms with van der Waals surface area (Å²) in [5.74, 6) is 2.71. The number of hydrogen-bond acceptors (Lipinski definition) is 2. The van der Waals surface area contributed by atoms with Crippen LogP contribution in [0.15, 0.2) is 24.3 Å². The van der Waals surface area contributed by atoms with Crippen LogP contribution in [0.1, 0.15) is 44.9 Å². The lowest BCUT2D eigenvalue weighted by molar-refractivity contribution is -0.127. The summed E-state index contributed by atoms with van der Waals surface area (Å²) >= 11 is 7.58. The summed E-state index contributed by atoms with van der Waals surface area (Å²) < 4.78 is 1.18. The van der Waals surface area contributed by atoms with Crippen molar-refractivity contribution in [3.63, 3.8) is 0 Å². The van der Waals surface area contributed by atoms with Gasteiger partial charge in [-0.1, -0.05) is 0 Å². The first-order chi connectivity index (χ1) is 11.5. The molecule has 1 amide bonds. The molecule has 24 heavy (non-hydrogen) atoms. The highest BCUT2D eigenvalue weighted by atomic mass is 127. The molecule has 4 aliphatic carbocycles. The number of benzene rings is 1. The Bertz CT molecular complexity index is 623. The molecule has 0 atom stereocenters.